The van der Waals surface area contributed by atoms with E-state index in [0.717, 1.165) is 5.56 Å². The van der Waals surface area contributed by atoms with Crippen molar-refractivity contribution in [3.05, 3.63) is 33.8 Å². The third-order valence-electron chi connectivity index (χ3n) is 3.22. The van der Waals surface area contributed by atoms with Crippen molar-refractivity contribution in [1.29, 1.82) is 0 Å². The summed E-state index contributed by atoms with van der Waals surface area (Å²) in [6.07, 6.45) is 0.990. The molecule has 1 atom stereocenters. The van der Waals surface area contributed by atoms with Crippen LogP contribution in [-0.4, -0.2) is 22.5 Å². The van der Waals surface area contributed by atoms with Crippen LogP contribution in [0.3, 0.4) is 0 Å². The lowest BCUT2D eigenvalue weighted by Gasteiger charge is -2.24. The molecule has 1 aromatic rings. The van der Waals surface area contributed by atoms with E-state index in [1.807, 2.05) is 0 Å². The molecule has 4 nitrogen and oxygen atoms in total. The minimum atomic E-state index is -1.23. The minimum Gasteiger partial charge on any atom is -0.480 e. The normalized spacial score (nSPS) is 13.6. The van der Waals surface area contributed by atoms with Gasteiger partial charge in [0.15, 0.2) is 0 Å². The van der Waals surface area contributed by atoms with E-state index in [1.165, 1.54) is 6.92 Å². The van der Waals surface area contributed by atoms with Gasteiger partial charge in [-0.2, -0.15) is 0 Å². The molecule has 0 spiro atoms. The van der Waals surface area contributed by atoms with Gasteiger partial charge in [0.1, 0.15) is 5.54 Å². The smallest absolute Gasteiger partial charge is 0.329 e. The van der Waals surface area contributed by atoms with Gasteiger partial charge in [-0.25, -0.2) is 4.79 Å². The van der Waals surface area contributed by atoms with Crippen LogP contribution in [0.1, 0.15) is 32.3 Å². The molecule has 0 saturated heterocycles. The van der Waals surface area contributed by atoms with E-state index < -0.39 is 11.5 Å². The van der Waals surface area contributed by atoms with Crippen molar-refractivity contribution in [3.63, 3.8) is 0 Å². The molecule has 0 saturated carbocycles. The molecule has 20 heavy (non-hydrogen) atoms. The molecule has 1 unspecified atom stereocenters. The highest BCUT2D eigenvalue weighted by molar-refractivity contribution is 6.42. The number of hydrogen-bond acceptors (Lipinski definition) is 2. The van der Waals surface area contributed by atoms with Crippen LogP contribution in [0.25, 0.3) is 0 Å². The fraction of sp³-hybridized carbons (Fsp3) is 0.429. The second kappa shape index (κ2) is 6.95. The zero-order chi connectivity index (χ0) is 15.3. The molecular weight excluding hydrogens is 301 g/mol. The van der Waals surface area contributed by atoms with Gasteiger partial charge in [-0.3, -0.25) is 4.79 Å². The van der Waals surface area contributed by atoms with Crippen LogP contribution in [0.5, 0.6) is 0 Å². The Kier molecular flexibility index (Phi) is 5.84. The van der Waals surface area contributed by atoms with Crippen LogP contribution in [0.15, 0.2) is 18.2 Å². The fourth-order valence-corrected chi connectivity index (χ4v) is 1.94. The zero-order valence-electron chi connectivity index (χ0n) is 11.4. The molecule has 0 heterocycles. The highest BCUT2D eigenvalue weighted by atomic mass is 35.5. The molecule has 0 fully saturated rings. The maximum atomic E-state index is 11.8. The average Bonchev–Trinajstić information content (AvgIpc) is 2.39. The molecule has 1 rings (SSSR count). The Morgan fingerprint density at radius 1 is 1.30 bits per heavy atom. The summed E-state index contributed by atoms with van der Waals surface area (Å²) in [4.78, 5) is 22.9. The number of hydrogen-bond donors (Lipinski definition) is 2. The lowest BCUT2D eigenvalue weighted by Crippen LogP contribution is -2.51. The number of rotatable bonds is 6. The van der Waals surface area contributed by atoms with E-state index in [9.17, 15) is 9.59 Å². The molecule has 6 heteroatoms. The van der Waals surface area contributed by atoms with E-state index in [0.29, 0.717) is 22.9 Å². The number of halogens is 2. The Labute approximate surface area is 128 Å². The standard InChI is InChI=1S/C14H17Cl2NO3/c1-3-14(2,13(19)20)17-12(18)7-5-9-4-6-10(15)11(16)8-9/h4,6,8H,3,5,7H2,1-2H3,(H,17,18)(H,19,20). The van der Waals surface area contributed by atoms with Crippen molar-refractivity contribution in [2.45, 2.75) is 38.6 Å². The van der Waals surface area contributed by atoms with Gasteiger partial charge < -0.3 is 10.4 Å². The molecule has 0 aliphatic carbocycles. The van der Waals surface area contributed by atoms with Gasteiger partial charge in [0.05, 0.1) is 10.0 Å². The monoisotopic (exact) mass is 317 g/mol. The van der Waals surface area contributed by atoms with Crippen LogP contribution in [0.4, 0.5) is 0 Å². The first-order chi connectivity index (χ1) is 9.28. The van der Waals surface area contributed by atoms with Gasteiger partial charge >= 0.3 is 5.97 Å². The van der Waals surface area contributed by atoms with Gasteiger partial charge in [0.25, 0.3) is 0 Å². The molecule has 0 aliphatic heterocycles. The number of carboxylic acid groups (broad SMARTS) is 1. The quantitative estimate of drug-likeness (QED) is 0.846. The lowest BCUT2D eigenvalue weighted by molar-refractivity contribution is -0.147. The van der Waals surface area contributed by atoms with Crippen molar-refractivity contribution < 1.29 is 14.7 Å². The van der Waals surface area contributed by atoms with Crippen LogP contribution < -0.4 is 5.32 Å². The fourth-order valence-electron chi connectivity index (χ4n) is 1.62. The van der Waals surface area contributed by atoms with E-state index in [4.69, 9.17) is 28.3 Å². The number of benzene rings is 1. The molecule has 0 bridgehead atoms. The number of aliphatic carboxylic acids is 1. The van der Waals surface area contributed by atoms with E-state index in [2.05, 4.69) is 5.32 Å². The molecule has 0 aliphatic rings. The van der Waals surface area contributed by atoms with Crippen molar-refractivity contribution >= 4 is 35.1 Å². The van der Waals surface area contributed by atoms with Gasteiger partial charge in [-0.05, 0) is 37.5 Å². The average molecular weight is 318 g/mol. The SMILES string of the molecule is CCC(C)(NC(=O)CCc1ccc(Cl)c(Cl)c1)C(=O)O. The number of nitrogens with one attached hydrogen (secondary N) is 1. The largest absolute Gasteiger partial charge is 0.480 e. The summed E-state index contributed by atoms with van der Waals surface area (Å²) in [5, 5.41) is 12.5. The summed E-state index contributed by atoms with van der Waals surface area (Å²) >= 11 is 11.7. The van der Waals surface area contributed by atoms with Crippen LogP contribution >= 0.6 is 23.2 Å². The van der Waals surface area contributed by atoms with Gasteiger partial charge in [-0.1, -0.05) is 36.2 Å². The summed E-state index contributed by atoms with van der Waals surface area (Å²) < 4.78 is 0. The molecule has 0 radical (unpaired) electrons. The molecular formula is C14H17Cl2NO3. The summed E-state index contributed by atoms with van der Waals surface area (Å²) in [5.41, 5.74) is -0.350. The Morgan fingerprint density at radius 2 is 1.95 bits per heavy atom. The van der Waals surface area contributed by atoms with Crippen molar-refractivity contribution in [2.75, 3.05) is 0 Å². The first-order valence-electron chi connectivity index (χ1n) is 6.27. The summed E-state index contributed by atoms with van der Waals surface area (Å²) in [6, 6.07) is 5.16. The zero-order valence-corrected chi connectivity index (χ0v) is 12.9. The maximum Gasteiger partial charge on any atom is 0.329 e. The summed E-state index contributed by atoms with van der Waals surface area (Å²) in [6.45, 7) is 3.21. The number of carbonyl (C=O) groups is 2. The van der Waals surface area contributed by atoms with Gasteiger partial charge in [-0.15, -0.1) is 0 Å². The molecule has 110 valence electrons. The summed E-state index contributed by atoms with van der Waals surface area (Å²) in [5.74, 6) is -1.34. The third kappa shape index (κ3) is 4.39. The Hall–Kier alpha value is -1.26. The predicted octanol–water partition coefficient (Wildman–Crippen LogP) is 3.30. The summed E-state index contributed by atoms with van der Waals surface area (Å²) in [7, 11) is 0. The van der Waals surface area contributed by atoms with Crippen molar-refractivity contribution in [2.24, 2.45) is 0 Å². The molecule has 1 amide bonds. The Bertz CT molecular complexity index is 519. The van der Waals surface area contributed by atoms with E-state index in [-0.39, 0.29) is 12.3 Å². The van der Waals surface area contributed by atoms with Crippen molar-refractivity contribution in [1.82, 2.24) is 5.32 Å². The Balaban J connectivity index is 2.59. The predicted molar refractivity (Wildman–Crippen MR) is 79.3 cm³/mol. The maximum absolute atomic E-state index is 11.8. The van der Waals surface area contributed by atoms with Crippen LogP contribution in [0.2, 0.25) is 10.0 Å². The van der Waals surface area contributed by atoms with Gasteiger partial charge in [0, 0.05) is 6.42 Å². The van der Waals surface area contributed by atoms with Crippen LogP contribution in [0, 0.1) is 0 Å². The second-order valence-electron chi connectivity index (χ2n) is 4.79. The van der Waals surface area contributed by atoms with Crippen molar-refractivity contribution in [3.8, 4) is 0 Å². The molecule has 0 aromatic heterocycles. The Morgan fingerprint density at radius 3 is 2.45 bits per heavy atom. The minimum absolute atomic E-state index is 0.195. The first kappa shape index (κ1) is 16.8. The molecule has 1 aromatic carbocycles. The lowest BCUT2D eigenvalue weighted by atomic mass is 9.98. The van der Waals surface area contributed by atoms with E-state index >= 15 is 0 Å². The highest BCUT2D eigenvalue weighted by Gasteiger charge is 2.32. The number of aryl methyl sites for hydroxylation is 1. The number of amides is 1. The third-order valence-corrected chi connectivity index (χ3v) is 3.96. The highest BCUT2D eigenvalue weighted by Crippen LogP contribution is 2.23. The second-order valence-corrected chi connectivity index (χ2v) is 5.60. The van der Waals surface area contributed by atoms with E-state index in [1.54, 1.807) is 25.1 Å². The first-order valence-corrected chi connectivity index (χ1v) is 7.02. The topological polar surface area (TPSA) is 66.4 Å². The molecule has 2 N–H and O–H groups in total. The van der Waals surface area contributed by atoms with Crippen LogP contribution in [-0.2, 0) is 16.0 Å². The van der Waals surface area contributed by atoms with Gasteiger partial charge in [0.2, 0.25) is 5.91 Å². The number of carboxylic acids is 1. The number of carbonyl (C=O) groups excluding carboxylic acids is 1.